The minimum atomic E-state index is -4.54. The van der Waals surface area contributed by atoms with Crippen molar-refractivity contribution in [3.8, 4) is 0 Å². The lowest BCUT2D eigenvalue weighted by molar-refractivity contribution is -0.420. The summed E-state index contributed by atoms with van der Waals surface area (Å²) in [7, 11) is 1.95. The SMILES string of the molecule is CN1CCN(C=C2C=CC([N+](=O)[O-])=CC2C(F)(F)F)CC1. The smallest absolute Gasteiger partial charge is 0.375 e. The molecule has 0 aromatic rings. The number of alkyl halides is 3. The van der Waals surface area contributed by atoms with E-state index in [-0.39, 0.29) is 5.57 Å². The van der Waals surface area contributed by atoms with Crippen molar-refractivity contribution in [3.63, 3.8) is 0 Å². The monoisotopic (exact) mass is 303 g/mol. The number of hydrogen-bond acceptors (Lipinski definition) is 4. The molecule has 116 valence electrons. The molecule has 1 fully saturated rings. The molecule has 1 unspecified atom stereocenters. The van der Waals surface area contributed by atoms with Gasteiger partial charge in [-0.25, -0.2) is 0 Å². The van der Waals surface area contributed by atoms with Gasteiger partial charge in [-0.2, -0.15) is 13.2 Å². The first-order valence-electron chi connectivity index (χ1n) is 6.52. The number of hydrogen-bond donors (Lipinski definition) is 0. The number of halogens is 3. The maximum Gasteiger partial charge on any atom is 0.399 e. The maximum absolute atomic E-state index is 13.1. The average Bonchev–Trinajstić information content (AvgIpc) is 2.40. The van der Waals surface area contributed by atoms with Crippen LogP contribution >= 0.6 is 0 Å². The van der Waals surface area contributed by atoms with Gasteiger partial charge in [-0.1, -0.05) is 0 Å². The summed E-state index contributed by atoms with van der Waals surface area (Å²) in [4.78, 5) is 13.8. The minimum absolute atomic E-state index is 0.0395. The molecule has 1 atom stereocenters. The molecule has 8 heteroatoms. The fourth-order valence-electron chi connectivity index (χ4n) is 2.30. The molecule has 2 rings (SSSR count). The van der Waals surface area contributed by atoms with E-state index in [1.165, 1.54) is 12.3 Å². The number of allylic oxidation sites excluding steroid dienone is 4. The normalized spacial score (nSPS) is 26.1. The van der Waals surface area contributed by atoms with Crippen LogP contribution in [0.3, 0.4) is 0 Å². The first-order chi connectivity index (χ1) is 9.77. The first-order valence-corrected chi connectivity index (χ1v) is 6.52. The van der Waals surface area contributed by atoms with Crippen molar-refractivity contribution in [1.29, 1.82) is 0 Å². The van der Waals surface area contributed by atoms with Crippen LogP contribution in [0.2, 0.25) is 0 Å². The third kappa shape index (κ3) is 3.84. The van der Waals surface area contributed by atoms with Gasteiger partial charge >= 0.3 is 6.18 Å². The van der Waals surface area contributed by atoms with E-state index < -0.39 is 22.7 Å². The highest BCUT2D eigenvalue weighted by molar-refractivity contribution is 5.36. The van der Waals surface area contributed by atoms with Crippen LogP contribution in [-0.2, 0) is 0 Å². The van der Waals surface area contributed by atoms with E-state index in [4.69, 9.17) is 0 Å². The van der Waals surface area contributed by atoms with E-state index in [1.54, 1.807) is 0 Å². The van der Waals surface area contributed by atoms with Crippen molar-refractivity contribution in [3.05, 3.63) is 45.8 Å². The zero-order chi connectivity index (χ0) is 15.6. The van der Waals surface area contributed by atoms with Crippen LogP contribution in [0.4, 0.5) is 13.2 Å². The van der Waals surface area contributed by atoms with Gasteiger partial charge in [-0.05, 0) is 18.7 Å². The predicted molar refractivity (Wildman–Crippen MR) is 70.9 cm³/mol. The van der Waals surface area contributed by atoms with Crippen molar-refractivity contribution >= 4 is 0 Å². The van der Waals surface area contributed by atoms with E-state index >= 15 is 0 Å². The van der Waals surface area contributed by atoms with Crippen LogP contribution in [-0.4, -0.2) is 54.1 Å². The quantitative estimate of drug-likeness (QED) is 0.578. The fraction of sp³-hybridized carbons (Fsp3) is 0.538. The van der Waals surface area contributed by atoms with Crippen LogP contribution in [0.15, 0.2) is 35.7 Å². The molecule has 0 amide bonds. The molecule has 2 aliphatic rings. The molecule has 0 saturated carbocycles. The Morgan fingerprint density at radius 1 is 1.29 bits per heavy atom. The zero-order valence-corrected chi connectivity index (χ0v) is 11.5. The fourth-order valence-corrected chi connectivity index (χ4v) is 2.30. The van der Waals surface area contributed by atoms with Gasteiger partial charge in [0.05, 0.1) is 4.92 Å². The van der Waals surface area contributed by atoms with E-state index in [0.717, 1.165) is 19.2 Å². The molecule has 1 aliphatic heterocycles. The Labute approximate surface area is 120 Å². The Morgan fingerprint density at radius 2 is 1.90 bits per heavy atom. The van der Waals surface area contributed by atoms with Gasteiger partial charge in [-0.3, -0.25) is 10.1 Å². The molecule has 0 spiro atoms. The van der Waals surface area contributed by atoms with Gasteiger partial charge in [-0.15, -0.1) is 0 Å². The summed E-state index contributed by atoms with van der Waals surface area (Å²) >= 11 is 0. The van der Waals surface area contributed by atoms with Gasteiger partial charge in [0.15, 0.2) is 0 Å². The van der Waals surface area contributed by atoms with E-state index in [2.05, 4.69) is 4.90 Å². The summed E-state index contributed by atoms with van der Waals surface area (Å²) in [5.74, 6) is -1.93. The predicted octanol–water partition coefficient (Wildman–Crippen LogP) is 2.03. The lowest BCUT2D eigenvalue weighted by Crippen LogP contribution is -2.42. The molecule has 0 radical (unpaired) electrons. The minimum Gasteiger partial charge on any atom is -0.375 e. The molecule has 1 saturated heterocycles. The zero-order valence-electron chi connectivity index (χ0n) is 11.5. The first kappa shape index (κ1) is 15.6. The summed E-state index contributed by atoms with van der Waals surface area (Å²) in [6.07, 6.45) is -0.0972. The summed E-state index contributed by atoms with van der Waals surface area (Å²) in [6, 6.07) is 0. The molecule has 1 heterocycles. The Kier molecular flexibility index (Phi) is 4.36. The third-order valence-corrected chi connectivity index (χ3v) is 3.58. The molecular formula is C13H16F3N3O2. The average molecular weight is 303 g/mol. The second-order valence-corrected chi connectivity index (χ2v) is 5.17. The Morgan fingerprint density at radius 3 is 2.43 bits per heavy atom. The topological polar surface area (TPSA) is 49.6 Å². The Bertz CT molecular complexity index is 503. The molecule has 0 aromatic carbocycles. The van der Waals surface area contributed by atoms with Crippen LogP contribution in [0.5, 0.6) is 0 Å². The molecular weight excluding hydrogens is 287 g/mol. The number of rotatable bonds is 2. The van der Waals surface area contributed by atoms with E-state index in [9.17, 15) is 23.3 Å². The van der Waals surface area contributed by atoms with Crippen LogP contribution in [0.1, 0.15) is 0 Å². The second kappa shape index (κ2) is 5.88. The molecule has 1 aliphatic carbocycles. The van der Waals surface area contributed by atoms with Gasteiger partial charge in [0.25, 0.3) is 5.70 Å². The van der Waals surface area contributed by atoms with Crippen molar-refractivity contribution in [2.24, 2.45) is 5.92 Å². The number of nitro groups is 1. The van der Waals surface area contributed by atoms with Gasteiger partial charge in [0.2, 0.25) is 0 Å². The Balaban J connectivity index is 2.22. The van der Waals surface area contributed by atoms with Crippen molar-refractivity contribution in [1.82, 2.24) is 9.80 Å². The summed E-state index contributed by atoms with van der Waals surface area (Å²) in [6.45, 7) is 2.84. The number of likely N-dealkylation sites (N-methyl/N-ethyl adjacent to an activating group) is 1. The summed E-state index contributed by atoms with van der Waals surface area (Å²) < 4.78 is 39.2. The van der Waals surface area contributed by atoms with Crippen LogP contribution < -0.4 is 0 Å². The Hall–Kier alpha value is -1.83. The lowest BCUT2D eigenvalue weighted by atomic mass is 9.93. The standard InChI is InChI=1S/C13H16F3N3O2/c1-17-4-6-18(7-5-17)9-10-2-3-11(19(20)21)8-12(10)13(14,15)16/h2-3,8-9,12H,4-7H2,1H3. The van der Waals surface area contributed by atoms with Crippen molar-refractivity contribution in [2.45, 2.75) is 6.18 Å². The van der Waals surface area contributed by atoms with E-state index in [1.807, 2.05) is 11.9 Å². The molecule has 0 aromatic heterocycles. The number of nitrogens with zero attached hydrogens (tertiary/aromatic N) is 3. The molecule has 5 nitrogen and oxygen atoms in total. The highest BCUT2D eigenvalue weighted by Crippen LogP contribution is 2.37. The number of piperazine rings is 1. The second-order valence-electron chi connectivity index (χ2n) is 5.17. The third-order valence-electron chi connectivity index (χ3n) is 3.58. The molecule has 0 N–H and O–H groups in total. The van der Waals surface area contributed by atoms with Gasteiger partial charge < -0.3 is 9.80 Å². The largest absolute Gasteiger partial charge is 0.399 e. The van der Waals surface area contributed by atoms with Gasteiger partial charge in [0.1, 0.15) is 5.92 Å². The molecule has 0 bridgehead atoms. The molecule has 21 heavy (non-hydrogen) atoms. The van der Waals surface area contributed by atoms with Crippen molar-refractivity contribution < 1.29 is 18.1 Å². The lowest BCUT2D eigenvalue weighted by Gasteiger charge is -2.33. The van der Waals surface area contributed by atoms with E-state index in [0.29, 0.717) is 19.2 Å². The summed E-state index contributed by atoms with van der Waals surface area (Å²) in [5.41, 5.74) is -0.481. The van der Waals surface area contributed by atoms with Crippen LogP contribution in [0, 0.1) is 16.0 Å². The van der Waals surface area contributed by atoms with Gasteiger partial charge in [0, 0.05) is 44.5 Å². The van der Waals surface area contributed by atoms with Crippen molar-refractivity contribution in [2.75, 3.05) is 33.2 Å². The van der Waals surface area contributed by atoms with Crippen LogP contribution in [0.25, 0.3) is 0 Å². The highest BCUT2D eigenvalue weighted by atomic mass is 19.4. The summed E-state index contributed by atoms with van der Waals surface area (Å²) in [5, 5.41) is 10.6. The highest BCUT2D eigenvalue weighted by Gasteiger charge is 2.43. The maximum atomic E-state index is 13.1.